The van der Waals surface area contributed by atoms with Crippen LogP contribution in [-0.2, 0) is 19.5 Å². The quantitative estimate of drug-likeness (QED) is 0.803. The van der Waals surface area contributed by atoms with E-state index in [1.807, 2.05) is 18.0 Å². The Morgan fingerprint density at radius 1 is 1.44 bits per heavy atom. The van der Waals surface area contributed by atoms with Crippen LogP contribution in [0.15, 0.2) is 18.0 Å². The molecule has 0 amide bonds. The molecular formula is C13H20N4S. The second kappa shape index (κ2) is 6.11. The molecule has 2 aromatic heterocycles. The van der Waals surface area contributed by atoms with Crippen LogP contribution in [0.4, 0.5) is 0 Å². The molecule has 4 nitrogen and oxygen atoms in total. The van der Waals surface area contributed by atoms with Crippen molar-refractivity contribution < 1.29 is 0 Å². The maximum Gasteiger partial charge on any atom is 0.0948 e. The molecule has 0 unspecified atom stereocenters. The Hall–Kier alpha value is -1.20. The zero-order valence-electron chi connectivity index (χ0n) is 11.3. The van der Waals surface area contributed by atoms with Crippen molar-refractivity contribution >= 4 is 11.3 Å². The van der Waals surface area contributed by atoms with Gasteiger partial charge in [-0.15, -0.1) is 11.3 Å². The van der Waals surface area contributed by atoms with E-state index in [4.69, 9.17) is 0 Å². The lowest BCUT2D eigenvalue weighted by Crippen LogP contribution is -2.22. The van der Waals surface area contributed by atoms with E-state index in [1.54, 1.807) is 11.3 Å². The molecule has 0 saturated carbocycles. The monoisotopic (exact) mass is 264 g/mol. The molecule has 18 heavy (non-hydrogen) atoms. The van der Waals surface area contributed by atoms with E-state index in [-0.39, 0.29) is 0 Å². The molecule has 0 aliphatic rings. The molecule has 0 radical (unpaired) electrons. The lowest BCUT2D eigenvalue weighted by molar-refractivity contribution is 0.322. The average Bonchev–Trinajstić information content (AvgIpc) is 2.95. The van der Waals surface area contributed by atoms with Crippen LogP contribution in [0.25, 0.3) is 0 Å². The summed E-state index contributed by atoms with van der Waals surface area (Å²) >= 11 is 1.75. The fourth-order valence-electron chi connectivity index (χ4n) is 1.98. The van der Waals surface area contributed by atoms with Crippen molar-refractivity contribution in [2.24, 2.45) is 0 Å². The first-order chi connectivity index (χ1) is 8.70. The summed E-state index contributed by atoms with van der Waals surface area (Å²) in [6.45, 7) is 7.21. The van der Waals surface area contributed by atoms with Gasteiger partial charge >= 0.3 is 0 Å². The third-order valence-corrected chi connectivity index (χ3v) is 4.13. The summed E-state index contributed by atoms with van der Waals surface area (Å²) in [5.74, 6) is 0. The number of rotatable bonds is 6. The Morgan fingerprint density at radius 3 is 2.94 bits per heavy atom. The highest BCUT2D eigenvalue weighted by Crippen LogP contribution is 2.13. The first-order valence-electron chi connectivity index (χ1n) is 6.27. The van der Waals surface area contributed by atoms with Crippen molar-refractivity contribution in [3.63, 3.8) is 0 Å². The van der Waals surface area contributed by atoms with Gasteiger partial charge in [0.1, 0.15) is 0 Å². The van der Waals surface area contributed by atoms with Crippen molar-refractivity contribution in [3.05, 3.63) is 34.3 Å². The van der Waals surface area contributed by atoms with Gasteiger partial charge in [0.15, 0.2) is 0 Å². The standard InChI is InChI=1S/C13H20N4S/c1-4-17-9-14-7-12(17)8-16(3)6-5-13-11(2)15-10-18-13/h7,9-10H,4-6,8H2,1-3H3. The molecule has 0 N–H and O–H groups in total. The fraction of sp³-hybridized carbons (Fsp3) is 0.538. The SMILES string of the molecule is CCn1cncc1CN(C)CCc1scnc1C. The third-order valence-electron chi connectivity index (χ3n) is 3.14. The van der Waals surface area contributed by atoms with Crippen LogP contribution in [0.3, 0.4) is 0 Å². The van der Waals surface area contributed by atoms with Crippen LogP contribution in [0, 0.1) is 6.92 Å². The summed E-state index contributed by atoms with van der Waals surface area (Å²) in [5.41, 5.74) is 4.38. The van der Waals surface area contributed by atoms with Gasteiger partial charge in [0.05, 0.1) is 23.2 Å². The van der Waals surface area contributed by atoms with E-state index in [0.717, 1.165) is 26.1 Å². The zero-order valence-corrected chi connectivity index (χ0v) is 12.1. The van der Waals surface area contributed by atoms with E-state index in [9.17, 15) is 0 Å². The Kier molecular flexibility index (Phi) is 4.49. The average molecular weight is 264 g/mol. The largest absolute Gasteiger partial charge is 0.334 e. The van der Waals surface area contributed by atoms with Gasteiger partial charge in [-0.25, -0.2) is 9.97 Å². The van der Waals surface area contributed by atoms with E-state index in [2.05, 4.69) is 40.3 Å². The third kappa shape index (κ3) is 3.17. The highest BCUT2D eigenvalue weighted by molar-refractivity contribution is 7.09. The Balaban J connectivity index is 1.86. The van der Waals surface area contributed by atoms with E-state index < -0.39 is 0 Å². The topological polar surface area (TPSA) is 34.0 Å². The lowest BCUT2D eigenvalue weighted by Gasteiger charge is -2.16. The summed E-state index contributed by atoms with van der Waals surface area (Å²) < 4.78 is 2.19. The van der Waals surface area contributed by atoms with Gasteiger partial charge in [-0.2, -0.15) is 0 Å². The Bertz CT molecular complexity index is 489. The van der Waals surface area contributed by atoms with Gasteiger partial charge in [0, 0.05) is 30.7 Å². The van der Waals surface area contributed by atoms with Crippen LogP contribution >= 0.6 is 11.3 Å². The molecule has 2 aromatic rings. The maximum atomic E-state index is 4.28. The van der Waals surface area contributed by atoms with Gasteiger partial charge in [-0.05, 0) is 27.3 Å². The minimum atomic E-state index is 0.950. The van der Waals surface area contributed by atoms with Gasteiger partial charge in [-0.3, -0.25) is 0 Å². The number of aromatic nitrogens is 3. The molecular weight excluding hydrogens is 244 g/mol. The van der Waals surface area contributed by atoms with Crippen molar-refractivity contribution in [3.8, 4) is 0 Å². The predicted octanol–water partition coefficient (Wildman–Crippen LogP) is 2.34. The Labute approximate surface area is 112 Å². The minimum absolute atomic E-state index is 0.950. The van der Waals surface area contributed by atoms with Crippen molar-refractivity contribution in [2.45, 2.75) is 33.4 Å². The van der Waals surface area contributed by atoms with Crippen LogP contribution in [0.2, 0.25) is 0 Å². The summed E-state index contributed by atoms with van der Waals surface area (Å²) in [5, 5.41) is 0. The highest BCUT2D eigenvalue weighted by Gasteiger charge is 2.07. The number of nitrogens with zero attached hydrogens (tertiary/aromatic N) is 4. The number of thiazole rings is 1. The molecule has 0 aliphatic carbocycles. The first kappa shape index (κ1) is 13.2. The number of aryl methyl sites for hydroxylation is 2. The number of imidazole rings is 1. The molecule has 2 heterocycles. The summed E-state index contributed by atoms with van der Waals surface area (Å²) in [4.78, 5) is 12.2. The molecule has 0 aromatic carbocycles. The van der Waals surface area contributed by atoms with E-state index >= 15 is 0 Å². The number of hydrogen-bond acceptors (Lipinski definition) is 4. The highest BCUT2D eigenvalue weighted by atomic mass is 32.1. The normalized spacial score (nSPS) is 11.3. The lowest BCUT2D eigenvalue weighted by atomic mass is 10.3. The fourth-order valence-corrected chi connectivity index (χ4v) is 2.75. The van der Waals surface area contributed by atoms with Gasteiger partial charge in [-0.1, -0.05) is 0 Å². The van der Waals surface area contributed by atoms with Gasteiger partial charge in [0.25, 0.3) is 0 Å². The first-order valence-corrected chi connectivity index (χ1v) is 7.15. The maximum absolute atomic E-state index is 4.28. The molecule has 0 fully saturated rings. The van der Waals surface area contributed by atoms with Crippen molar-refractivity contribution in [2.75, 3.05) is 13.6 Å². The van der Waals surface area contributed by atoms with E-state index in [1.165, 1.54) is 16.3 Å². The molecule has 0 saturated heterocycles. The Morgan fingerprint density at radius 2 is 2.28 bits per heavy atom. The van der Waals surface area contributed by atoms with Crippen LogP contribution in [-0.4, -0.2) is 33.0 Å². The molecule has 5 heteroatoms. The van der Waals surface area contributed by atoms with Gasteiger partial charge in [0.2, 0.25) is 0 Å². The van der Waals surface area contributed by atoms with Crippen molar-refractivity contribution in [1.82, 2.24) is 19.4 Å². The molecule has 0 spiro atoms. The van der Waals surface area contributed by atoms with Crippen LogP contribution in [0.5, 0.6) is 0 Å². The van der Waals surface area contributed by atoms with E-state index in [0.29, 0.717) is 0 Å². The summed E-state index contributed by atoms with van der Waals surface area (Å²) in [6.07, 6.45) is 4.93. The molecule has 0 aliphatic heterocycles. The van der Waals surface area contributed by atoms with Crippen LogP contribution in [0.1, 0.15) is 23.2 Å². The zero-order chi connectivity index (χ0) is 13.0. The minimum Gasteiger partial charge on any atom is -0.334 e. The second-order valence-electron chi connectivity index (χ2n) is 4.52. The van der Waals surface area contributed by atoms with Crippen LogP contribution < -0.4 is 0 Å². The molecule has 0 atom stereocenters. The smallest absolute Gasteiger partial charge is 0.0948 e. The number of hydrogen-bond donors (Lipinski definition) is 0. The number of likely N-dealkylation sites (N-methyl/N-ethyl adjacent to an activating group) is 1. The summed E-state index contributed by atoms with van der Waals surface area (Å²) in [6, 6.07) is 0. The molecule has 98 valence electrons. The second-order valence-corrected chi connectivity index (χ2v) is 5.46. The molecule has 2 rings (SSSR count). The summed E-state index contributed by atoms with van der Waals surface area (Å²) in [7, 11) is 2.16. The van der Waals surface area contributed by atoms with Gasteiger partial charge < -0.3 is 9.47 Å². The predicted molar refractivity (Wildman–Crippen MR) is 74.8 cm³/mol. The van der Waals surface area contributed by atoms with Crippen molar-refractivity contribution in [1.29, 1.82) is 0 Å². The molecule has 0 bridgehead atoms.